The van der Waals surface area contributed by atoms with E-state index in [9.17, 15) is 4.79 Å². The summed E-state index contributed by atoms with van der Waals surface area (Å²) < 4.78 is 10.7. The Kier molecular flexibility index (Phi) is 5.37. The van der Waals surface area contributed by atoms with Crippen LogP contribution in [0.25, 0.3) is 0 Å². The maximum atomic E-state index is 11.8. The van der Waals surface area contributed by atoms with Crippen LogP contribution in [0.5, 0.6) is 0 Å². The van der Waals surface area contributed by atoms with E-state index in [2.05, 4.69) is 9.88 Å². The van der Waals surface area contributed by atoms with Gasteiger partial charge in [-0.2, -0.15) is 0 Å². The maximum absolute atomic E-state index is 11.8. The number of esters is 1. The molecule has 0 saturated carbocycles. The summed E-state index contributed by atoms with van der Waals surface area (Å²) in [7, 11) is 0. The zero-order chi connectivity index (χ0) is 14.5. The second-order valence-corrected chi connectivity index (χ2v) is 5.97. The van der Waals surface area contributed by atoms with Gasteiger partial charge < -0.3 is 14.4 Å². The van der Waals surface area contributed by atoms with Gasteiger partial charge in [0.05, 0.1) is 12.7 Å². The molecule has 5 nitrogen and oxygen atoms in total. The van der Waals surface area contributed by atoms with Gasteiger partial charge in [-0.1, -0.05) is 0 Å². The van der Waals surface area contributed by atoms with Crippen molar-refractivity contribution in [3.63, 3.8) is 0 Å². The number of hydrogen-bond acceptors (Lipinski definition) is 6. The van der Waals surface area contributed by atoms with Gasteiger partial charge in [0.15, 0.2) is 10.8 Å². The molecule has 2 rings (SSSR count). The number of aryl methyl sites for hydroxylation is 1. The van der Waals surface area contributed by atoms with Gasteiger partial charge in [0.1, 0.15) is 0 Å². The number of ether oxygens (including phenoxy) is 2. The SMILES string of the molecule is CCOC(=O)c1nc(N2CCCC(OCC)C2)sc1C. The van der Waals surface area contributed by atoms with Crippen molar-refractivity contribution in [3.05, 3.63) is 10.6 Å². The molecule has 0 aromatic carbocycles. The summed E-state index contributed by atoms with van der Waals surface area (Å²) in [5, 5.41) is 0.898. The van der Waals surface area contributed by atoms with E-state index in [1.165, 1.54) is 0 Å². The molecular formula is C14H22N2O3S. The third-order valence-corrected chi connectivity index (χ3v) is 4.34. The molecule has 0 aliphatic carbocycles. The molecule has 1 aliphatic heterocycles. The van der Waals surface area contributed by atoms with Gasteiger partial charge in [-0.3, -0.25) is 0 Å². The van der Waals surface area contributed by atoms with Crippen LogP contribution in [0.2, 0.25) is 0 Å². The van der Waals surface area contributed by atoms with Crippen molar-refractivity contribution in [2.24, 2.45) is 0 Å². The molecule has 1 fully saturated rings. The first-order valence-corrected chi connectivity index (χ1v) is 7.98. The number of rotatable bonds is 5. The summed E-state index contributed by atoms with van der Waals surface area (Å²) >= 11 is 1.55. The first-order chi connectivity index (χ1) is 9.65. The molecule has 112 valence electrons. The van der Waals surface area contributed by atoms with E-state index in [0.29, 0.717) is 12.3 Å². The van der Waals surface area contributed by atoms with E-state index in [1.807, 2.05) is 13.8 Å². The number of piperidine rings is 1. The number of anilines is 1. The minimum Gasteiger partial charge on any atom is -0.461 e. The number of hydrogen-bond donors (Lipinski definition) is 0. The summed E-state index contributed by atoms with van der Waals surface area (Å²) in [6, 6.07) is 0. The van der Waals surface area contributed by atoms with Crippen molar-refractivity contribution in [2.75, 3.05) is 31.2 Å². The number of aromatic nitrogens is 1. The largest absolute Gasteiger partial charge is 0.461 e. The smallest absolute Gasteiger partial charge is 0.358 e. The molecule has 1 unspecified atom stereocenters. The Morgan fingerprint density at radius 1 is 1.45 bits per heavy atom. The van der Waals surface area contributed by atoms with E-state index < -0.39 is 0 Å². The Morgan fingerprint density at radius 3 is 2.95 bits per heavy atom. The van der Waals surface area contributed by atoms with Gasteiger partial charge in [0, 0.05) is 24.6 Å². The fourth-order valence-corrected chi connectivity index (χ4v) is 3.32. The fourth-order valence-electron chi connectivity index (χ4n) is 2.39. The molecule has 0 amide bonds. The number of nitrogens with zero attached hydrogens (tertiary/aromatic N) is 2. The predicted molar refractivity (Wildman–Crippen MR) is 79.7 cm³/mol. The van der Waals surface area contributed by atoms with Gasteiger partial charge in [0.2, 0.25) is 0 Å². The van der Waals surface area contributed by atoms with Crippen molar-refractivity contribution < 1.29 is 14.3 Å². The van der Waals surface area contributed by atoms with E-state index in [1.54, 1.807) is 18.3 Å². The third kappa shape index (κ3) is 3.49. The maximum Gasteiger partial charge on any atom is 0.358 e. The van der Waals surface area contributed by atoms with Crippen LogP contribution in [-0.4, -0.2) is 43.4 Å². The zero-order valence-electron chi connectivity index (χ0n) is 12.3. The van der Waals surface area contributed by atoms with E-state index >= 15 is 0 Å². The third-order valence-electron chi connectivity index (χ3n) is 3.31. The van der Waals surface area contributed by atoms with E-state index in [0.717, 1.165) is 42.5 Å². The molecule has 0 radical (unpaired) electrons. The zero-order valence-corrected chi connectivity index (χ0v) is 13.2. The number of thiazole rings is 1. The number of carbonyl (C=O) groups excluding carboxylic acids is 1. The molecule has 20 heavy (non-hydrogen) atoms. The van der Waals surface area contributed by atoms with Gasteiger partial charge in [-0.05, 0) is 33.6 Å². The fraction of sp³-hybridized carbons (Fsp3) is 0.714. The molecule has 1 atom stereocenters. The minimum atomic E-state index is -0.328. The molecule has 0 spiro atoms. The predicted octanol–water partition coefficient (Wildman–Crippen LogP) is 2.63. The summed E-state index contributed by atoms with van der Waals surface area (Å²) in [6.45, 7) is 8.67. The first kappa shape index (κ1) is 15.3. The molecule has 1 saturated heterocycles. The van der Waals surface area contributed by atoms with Crippen molar-refractivity contribution in [3.8, 4) is 0 Å². The normalized spacial score (nSPS) is 19.1. The van der Waals surface area contributed by atoms with Crippen LogP contribution < -0.4 is 4.90 Å². The quantitative estimate of drug-likeness (QED) is 0.782. The Morgan fingerprint density at radius 2 is 2.25 bits per heavy atom. The van der Waals surface area contributed by atoms with Crippen LogP contribution in [0.3, 0.4) is 0 Å². The Hall–Kier alpha value is -1.14. The first-order valence-electron chi connectivity index (χ1n) is 7.16. The average Bonchev–Trinajstić information content (AvgIpc) is 2.82. The Bertz CT molecular complexity index is 459. The number of carbonyl (C=O) groups is 1. The standard InChI is InChI=1S/C14H22N2O3S/c1-4-18-11-7-6-8-16(9-11)14-15-12(10(3)20-14)13(17)19-5-2/h11H,4-9H2,1-3H3. The highest BCUT2D eigenvalue weighted by atomic mass is 32.1. The highest BCUT2D eigenvalue weighted by molar-refractivity contribution is 7.15. The van der Waals surface area contributed by atoms with Gasteiger partial charge in [-0.25, -0.2) is 9.78 Å². The van der Waals surface area contributed by atoms with E-state index in [4.69, 9.17) is 9.47 Å². The second kappa shape index (κ2) is 7.04. The van der Waals surface area contributed by atoms with Crippen molar-refractivity contribution >= 4 is 22.4 Å². The van der Waals surface area contributed by atoms with Crippen LogP contribution in [0.15, 0.2) is 0 Å². The average molecular weight is 298 g/mol. The topological polar surface area (TPSA) is 51.7 Å². The molecule has 0 N–H and O–H groups in total. The monoisotopic (exact) mass is 298 g/mol. The lowest BCUT2D eigenvalue weighted by Crippen LogP contribution is -2.39. The van der Waals surface area contributed by atoms with Crippen molar-refractivity contribution in [1.29, 1.82) is 0 Å². The summed E-state index contributed by atoms with van der Waals surface area (Å²) in [6.07, 6.45) is 2.46. The molecular weight excluding hydrogens is 276 g/mol. The molecule has 0 bridgehead atoms. The molecule has 1 aromatic heterocycles. The summed E-state index contributed by atoms with van der Waals surface area (Å²) in [5.41, 5.74) is 0.449. The summed E-state index contributed by atoms with van der Waals surface area (Å²) in [4.78, 5) is 19.4. The Balaban J connectivity index is 2.09. The van der Waals surface area contributed by atoms with Crippen LogP contribution in [0.1, 0.15) is 42.1 Å². The van der Waals surface area contributed by atoms with Crippen molar-refractivity contribution in [2.45, 2.75) is 39.7 Å². The van der Waals surface area contributed by atoms with Crippen LogP contribution in [0, 0.1) is 6.92 Å². The highest BCUT2D eigenvalue weighted by Crippen LogP contribution is 2.29. The lowest BCUT2D eigenvalue weighted by Gasteiger charge is -2.32. The molecule has 2 heterocycles. The highest BCUT2D eigenvalue weighted by Gasteiger charge is 2.25. The van der Waals surface area contributed by atoms with Crippen LogP contribution in [0.4, 0.5) is 5.13 Å². The minimum absolute atomic E-state index is 0.268. The molecule has 6 heteroatoms. The van der Waals surface area contributed by atoms with Crippen LogP contribution >= 0.6 is 11.3 Å². The molecule has 1 aromatic rings. The summed E-state index contributed by atoms with van der Waals surface area (Å²) in [5.74, 6) is -0.328. The van der Waals surface area contributed by atoms with Crippen molar-refractivity contribution in [1.82, 2.24) is 4.98 Å². The van der Waals surface area contributed by atoms with Gasteiger partial charge >= 0.3 is 5.97 Å². The molecule has 1 aliphatic rings. The Labute approximate surface area is 123 Å². The lowest BCUT2D eigenvalue weighted by atomic mass is 10.1. The van der Waals surface area contributed by atoms with Gasteiger partial charge in [-0.15, -0.1) is 11.3 Å². The second-order valence-electron chi connectivity index (χ2n) is 4.79. The lowest BCUT2D eigenvalue weighted by molar-refractivity contribution is 0.0518. The van der Waals surface area contributed by atoms with Gasteiger partial charge in [0.25, 0.3) is 0 Å². The van der Waals surface area contributed by atoms with E-state index in [-0.39, 0.29) is 12.1 Å². The van der Waals surface area contributed by atoms with Crippen LogP contribution in [-0.2, 0) is 9.47 Å².